The second-order valence-corrected chi connectivity index (χ2v) is 8.69. The highest BCUT2D eigenvalue weighted by atomic mass is 32.2. The largest absolute Gasteiger partial charge is 0.480 e. The zero-order chi connectivity index (χ0) is 23.3. The van der Waals surface area contributed by atoms with E-state index in [0.29, 0.717) is 22.6 Å². The molecule has 1 aliphatic rings. The number of carboxylic acids is 2. The van der Waals surface area contributed by atoms with Gasteiger partial charge in [0.15, 0.2) is 6.10 Å². The Morgan fingerprint density at radius 1 is 1.09 bits per heavy atom. The molecule has 2 atom stereocenters. The molecular formula is C23H21NO6S2. The van der Waals surface area contributed by atoms with E-state index in [4.69, 9.17) is 22.1 Å². The Morgan fingerprint density at radius 3 is 2.31 bits per heavy atom. The Balaban J connectivity index is 1.77. The van der Waals surface area contributed by atoms with E-state index in [0.717, 1.165) is 22.2 Å². The Morgan fingerprint density at radius 2 is 1.75 bits per heavy atom. The van der Waals surface area contributed by atoms with Gasteiger partial charge in [0.25, 0.3) is 5.91 Å². The van der Waals surface area contributed by atoms with E-state index >= 15 is 0 Å². The molecule has 0 spiro atoms. The summed E-state index contributed by atoms with van der Waals surface area (Å²) in [5.74, 6) is -2.22. The Kier molecular flexibility index (Phi) is 7.66. The Hall–Kier alpha value is -3.17. The van der Waals surface area contributed by atoms with Crippen LogP contribution in [0.4, 0.5) is 0 Å². The normalized spacial score (nSPS) is 16.8. The molecule has 2 aromatic rings. The summed E-state index contributed by atoms with van der Waals surface area (Å²) in [5, 5.41) is 18.8. The number of amides is 1. The molecule has 0 aromatic heterocycles. The van der Waals surface area contributed by atoms with Crippen LogP contribution < -0.4 is 4.74 Å². The molecule has 1 fully saturated rings. The van der Waals surface area contributed by atoms with Gasteiger partial charge in [0.05, 0.1) is 4.91 Å². The molecular weight excluding hydrogens is 450 g/mol. The van der Waals surface area contributed by atoms with Crippen LogP contribution in [0.15, 0.2) is 59.5 Å². The Bertz CT molecular complexity index is 1050. The maximum atomic E-state index is 13.0. The van der Waals surface area contributed by atoms with Gasteiger partial charge in [0.2, 0.25) is 0 Å². The van der Waals surface area contributed by atoms with Gasteiger partial charge in [-0.3, -0.25) is 9.69 Å². The quantitative estimate of drug-likeness (QED) is 0.420. The van der Waals surface area contributed by atoms with Crippen molar-refractivity contribution in [2.24, 2.45) is 0 Å². The number of benzene rings is 2. The molecule has 2 N–H and O–H groups in total. The number of carbonyl (C=O) groups is 3. The number of aliphatic carboxylic acids is 2. The van der Waals surface area contributed by atoms with E-state index in [2.05, 4.69) is 0 Å². The van der Waals surface area contributed by atoms with Crippen LogP contribution in [-0.4, -0.2) is 49.4 Å². The molecule has 0 bridgehead atoms. The summed E-state index contributed by atoms with van der Waals surface area (Å²) in [4.78, 5) is 37.5. The molecule has 0 saturated carbocycles. The maximum absolute atomic E-state index is 13.0. The molecule has 32 heavy (non-hydrogen) atoms. The molecule has 2 aromatic carbocycles. The monoisotopic (exact) mass is 471 g/mol. The molecule has 1 saturated heterocycles. The van der Waals surface area contributed by atoms with E-state index in [-0.39, 0.29) is 10.7 Å². The first-order valence-corrected chi connectivity index (χ1v) is 11.1. The lowest BCUT2D eigenvalue weighted by molar-refractivity contribution is -0.145. The molecule has 0 radical (unpaired) electrons. The van der Waals surface area contributed by atoms with Crippen molar-refractivity contribution in [1.29, 1.82) is 0 Å². The van der Waals surface area contributed by atoms with E-state index in [1.165, 1.54) is 0 Å². The van der Waals surface area contributed by atoms with Crippen LogP contribution in [0.3, 0.4) is 0 Å². The Labute approximate surface area is 194 Å². The van der Waals surface area contributed by atoms with Gasteiger partial charge in [-0.2, -0.15) is 0 Å². The molecule has 3 rings (SSSR count). The highest BCUT2D eigenvalue weighted by Gasteiger charge is 2.40. The number of hydrogen-bond donors (Lipinski definition) is 2. The van der Waals surface area contributed by atoms with Crippen molar-refractivity contribution in [1.82, 2.24) is 4.90 Å². The van der Waals surface area contributed by atoms with Gasteiger partial charge >= 0.3 is 11.9 Å². The highest BCUT2D eigenvalue weighted by molar-refractivity contribution is 8.26. The third kappa shape index (κ3) is 5.54. The lowest BCUT2D eigenvalue weighted by Crippen LogP contribution is -2.45. The summed E-state index contributed by atoms with van der Waals surface area (Å²) in [6.45, 7) is 1.72. The minimum atomic E-state index is -1.13. The number of carboxylic acid groups (broad SMARTS) is 2. The van der Waals surface area contributed by atoms with Crippen molar-refractivity contribution in [3.05, 3.63) is 70.6 Å². The van der Waals surface area contributed by atoms with Crippen molar-refractivity contribution in [3.63, 3.8) is 0 Å². The standard InChI is InChI=1S/C23H21NO6S2/c1-2-18(22(28)29)30-16-10-8-15(9-11-16)13-19-20(25)24(23(31)32-19)17(21(26)27)12-14-6-4-3-5-7-14/h3-11,13,17-18H,2,12H2,1H3,(H,26,27)(H,28,29)/b19-13-. The molecule has 1 aliphatic heterocycles. The first-order valence-electron chi connectivity index (χ1n) is 9.83. The van der Waals surface area contributed by atoms with Crippen molar-refractivity contribution in [2.75, 3.05) is 0 Å². The van der Waals surface area contributed by atoms with Crippen molar-refractivity contribution < 1.29 is 29.3 Å². The molecule has 1 heterocycles. The first-order chi connectivity index (χ1) is 15.3. The third-order valence-corrected chi connectivity index (χ3v) is 6.12. The number of rotatable bonds is 9. The highest BCUT2D eigenvalue weighted by Crippen LogP contribution is 2.35. The van der Waals surface area contributed by atoms with E-state index in [1.807, 2.05) is 18.2 Å². The second-order valence-electron chi connectivity index (χ2n) is 7.02. The molecule has 7 nitrogen and oxygen atoms in total. The summed E-state index contributed by atoms with van der Waals surface area (Å²) in [7, 11) is 0. The smallest absolute Gasteiger partial charge is 0.344 e. The van der Waals surface area contributed by atoms with Crippen LogP contribution in [-0.2, 0) is 20.8 Å². The lowest BCUT2D eigenvalue weighted by atomic mass is 10.0. The topological polar surface area (TPSA) is 104 Å². The predicted molar refractivity (Wildman–Crippen MR) is 125 cm³/mol. The third-order valence-electron chi connectivity index (χ3n) is 4.79. The van der Waals surface area contributed by atoms with Gasteiger partial charge in [-0.15, -0.1) is 0 Å². The minimum absolute atomic E-state index is 0.143. The van der Waals surface area contributed by atoms with E-state index in [9.17, 15) is 19.5 Å². The number of nitrogens with zero attached hydrogens (tertiary/aromatic N) is 1. The lowest BCUT2D eigenvalue weighted by Gasteiger charge is -2.23. The summed E-state index contributed by atoms with van der Waals surface area (Å²) in [6.07, 6.45) is 1.16. The van der Waals surface area contributed by atoms with Crippen molar-refractivity contribution in [3.8, 4) is 5.75 Å². The molecule has 9 heteroatoms. The van der Waals surface area contributed by atoms with Crippen molar-refractivity contribution in [2.45, 2.75) is 31.9 Å². The fraction of sp³-hybridized carbons (Fsp3) is 0.217. The van der Waals surface area contributed by atoms with Crippen LogP contribution in [0.25, 0.3) is 6.08 Å². The number of ether oxygens (including phenoxy) is 1. The maximum Gasteiger partial charge on any atom is 0.344 e. The number of carbonyl (C=O) groups excluding carboxylic acids is 1. The van der Waals surface area contributed by atoms with Crippen LogP contribution >= 0.6 is 24.0 Å². The molecule has 0 aliphatic carbocycles. The van der Waals surface area contributed by atoms with Gasteiger partial charge in [0.1, 0.15) is 16.1 Å². The number of hydrogen-bond acceptors (Lipinski definition) is 6. The summed E-state index contributed by atoms with van der Waals surface area (Å²) >= 11 is 6.37. The van der Waals surface area contributed by atoms with Crippen molar-refractivity contribution >= 4 is 52.2 Å². The van der Waals surface area contributed by atoms with Crippen LogP contribution in [0.2, 0.25) is 0 Å². The molecule has 166 valence electrons. The van der Waals surface area contributed by atoms with Crippen LogP contribution in [0.5, 0.6) is 5.75 Å². The predicted octanol–water partition coefficient (Wildman–Crippen LogP) is 3.83. The number of thiocarbonyl (C=S) groups is 1. The van der Waals surface area contributed by atoms with Gasteiger partial charge < -0.3 is 14.9 Å². The fourth-order valence-corrected chi connectivity index (χ4v) is 4.50. The summed E-state index contributed by atoms with van der Waals surface area (Å²) in [6, 6.07) is 14.6. The molecule has 2 unspecified atom stereocenters. The van der Waals surface area contributed by atoms with E-state index in [1.54, 1.807) is 49.4 Å². The second kappa shape index (κ2) is 10.4. The van der Waals surface area contributed by atoms with Gasteiger partial charge in [-0.1, -0.05) is 73.4 Å². The summed E-state index contributed by atoms with van der Waals surface area (Å²) in [5.41, 5.74) is 1.47. The fourth-order valence-electron chi connectivity index (χ4n) is 3.14. The van der Waals surface area contributed by atoms with Gasteiger partial charge in [0, 0.05) is 6.42 Å². The minimum Gasteiger partial charge on any atom is -0.480 e. The molecule has 1 amide bonds. The SMILES string of the molecule is CCC(Oc1ccc(/C=C2\SC(=S)N(C(Cc3ccccc3)C(=O)O)C2=O)cc1)C(=O)O. The first kappa shape index (κ1) is 23.5. The van der Waals surface area contributed by atoms with Crippen LogP contribution in [0.1, 0.15) is 24.5 Å². The van der Waals surface area contributed by atoms with Crippen LogP contribution in [0, 0.1) is 0 Å². The van der Waals surface area contributed by atoms with Gasteiger partial charge in [-0.25, -0.2) is 9.59 Å². The van der Waals surface area contributed by atoms with E-state index < -0.39 is 30.0 Å². The zero-order valence-corrected chi connectivity index (χ0v) is 18.8. The average Bonchev–Trinajstić information content (AvgIpc) is 3.04. The number of thioether (sulfide) groups is 1. The van der Waals surface area contributed by atoms with Gasteiger partial charge in [-0.05, 0) is 35.8 Å². The summed E-state index contributed by atoms with van der Waals surface area (Å²) < 4.78 is 5.62. The zero-order valence-electron chi connectivity index (χ0n) is 17.1. The average molecular weight is 472 g/mol.